The molecule has 1 aliphatic carbocycles. The molecule has 1 saturated carbocycles. The zero-order chi connectivity index (χ0) is 15.5. The molecule has 22 heavy (non-hydrogen) atoms. The largest absolute Gasteiger partial charge is 0.305 e. The number of nitrogens with zero attached hydrogens (tertiary/aromatic N) is 1. The van der Waals surface area contributed by atoms with Gasteiger partial charge in [0.2, 0.25) is 0 Å². The van der Waals surface area contributed by atoms with E-state index in [0.29, 0.717) is 11.3 Å². The van der Waals surface area contributed by atoms with Crippen LogP contribution in [-0.4, -0.2) is 26.2 Å². The maximum atomic E-state index is 12.1. The summed E-state index contributed by atoms with van der Waals surface area (Å²) in [6, 6.07) is 9.03. The highest BCUT2D eigenvalue weighted by molar-refractivity contribution is 7.85. The maximum Gasteiger partial charge on any atom is 0.111 e. The first-order valence-corrected chi connectivity index (χ1v) is 10.4. The molecule has 120 valence electrons. The molecule has 0 saturated heterocycles. The molecule has 5 heteroatoms. The minimum Gasteiger partial charge on any atom is -0.305 e. The van der Waals surface area contributed by atoms with E-state index in [1.807, 2.05) is 13.0 Å². The van der Waals surface area contributed by atoms with E-state index < -0.39 is 10.8 Å². The van der Waals surface area contributed by atoms with Crippen LogP contribution in [0.1, 0.15) is 50.6 Å². The van der Waals surface area contributed by atoms with Crippen molar-refractivity contribution in [2.75, 3.05) is 5.75 Å². The van der Waals surface area contributed by atoms with Crippen molar-refractivity contribution in [3.63, 3.8) is 0 Å². The van der Waals surface area contributed by atoms with Crippen LogP contribution >= 0.6 is 11.3 Å². The fourth-order valence-electron chi connectivity index (χ4n) is 3.27. The Labute approximate surface area is 139 Å². The minimum absolute atomic E-state index is 0.260. The van der Waals surface area contributed by atoms with E-state index in [1.54, 1.807) is 11.3 Å². The third kappa shape index (κ3) is 3.58. The van der Waals surface area contributed by atoms with Gasteiger partial charge in [0.05, 0.1) is 16.3 Å². The lowest BCUT2D eigenvalue weighted by atomic mass is 9.94. The third-order valence-electron chi connectivity index (χ3n) is 4.45. The molecule has 1 aromatic carbocycles. The number of rotatable bonds is 5. The van der Waals surface area contributed by atoms with E-state index in [9.17, 15) is 4.21 Å². The second-order valence-corrected chi connectivity index (χ2v) is 9.13. The minimum atomic E-state index is -0.659. The van der Waals surface area contributed by atoms with Crippen molar-refractivity contribution in [2.45, 2.75) is 56.9 Å². The zero-order valence-corrected chi connectivity index (χ0v) is 14.9. The molecule has 0 unspecified atom stereocenters. The Morgan fingerprint density at radius 1 is 1.41 bits per heavy atom. The topological polar surface area (TPSA) is 42.0 Å². The summed E-state index contributed by atoms with van der Waals surface area (Å²) in [5.74, 6) is 0.783. The van der Waals surface area contributed by atoms with Gasteiger partial charge in [-0.05, 0) is 38.3 Å². The quantitative estimate of drug-likeness (QED) is 0.896. The smallest absolute Gasteiger partial charge is 0.111 e. The van der Waals surface area contributed by atoms with Crippen LogP contribution in [0.5, 0.6) is 0 Å². The van der Waals surface area contributed by atoms with Gasteiger partial charge in [-0.2, -0.15) is 0 Å². The molecule has 4 atom stereocenters. The lowest BCUT2D eigenvalue weighted by Gasteiger charge is -2.30. The number of thiazole rings is 1. The van der Waals surface area contributed by atoms with Crippen molar-refractivity contribution in [1.82, 2.24) is 10.3 Å². The molecule has 1 fully saturated rings. The standard InChI is InChI=1S/C17H24N2OS2/c1-3-22(20)14-8-6-7-13(11-14)18-12(2)17-19-15-9-4-5-10-16(15)21-17/h4-5,9-10,12-14,18H,3,6-8,11H2,1-2H3/t12-,13+,14+,22-/m0/s1. The second-order valence-electron chi connectivity index (χ2n) is 6.06. The summed E-state index contributed by atoms with van der Waals surface area (Å²) >= 11 is 1.77. The summed E-state index contributed by atoms with van der Waals surface area (Å²) in [6.07, 6.45) is 4.52. The van der Waals surface area contributed by atoms with Crippen LogP contribution in [0.3, 0.4) is 0 Å². The number of para-hydroxylation sites is 1. The second kappa shape index (κ2) is 7.20. The number of hydrogen-bond donors (Lipinski definition) is 1. The lowest BCUT2D eigenvalue weighted by molar-refractivity contribution is 0.350. The van der Waals surface area contributed by atoms with E-state index >= 15 is 0 Å². The van der Waals surface area contributed by atoms with Crippen molar-refractivity contribution < 1.29 is 4.21 Å². The Balaban J connectivity index is 1.65. The Bertz CT molecular complexity index is 622. The van der Waals surface area contributed by atoms with Crippen molar-refractivity contribution in [3.8, 4) is 0 Å². The van der Waals surface area contributed by atoms with Crippen molar-refractivity contribution in [3.05, 3.63) is 29.3 Å². The van der Waals surface area contributed by atoms with Crippen LogP contribution < -0.4 is 5.32 Å². The van der Waals surface area contributed by atoms with Gasteiger partial charge in [0.25, 0.3) is 0 Å². The van der Waals surface area contributed by atoms with Gasteiger partial charge >= 0.3 is 0 Å². The predicted molar refractivity (Wildman–Crippen MR) is 95.9 cm³/mol. The fourth-order valence-corrected chi connectivity index (χ4v) is 5.60. The predicted octanol–water partition coefficient (Wildman–Crippen LogP) is 4.03. The number of nitrogens with one attached hydrogen (secondary N) is 1. The lowest BCUT2D eigenvalue weighted by Crippen LogP contribution is -2.39. The summed E-state index contributed by atoms with van der Waals surface area (Å²) < 4.78 is 13.3. The van der Waals surface area contributed by atoms with Gasteiger partial charge in [-0.15, -0.1) is 11.3 Å². The molecule has 3 rings (SSSR count). The van der Waals surface area contributed by atoms with Gasteiger partial charge in [-0.3, -0.25) is 4.21 Å². The van der Waals surface area contributed by atoms with Gasteiger partial charge in [-0.25, -0.2) is 4.98 Å². The van der Waals surface area contributed by atoms with Crippen molar-refractivity contribution in [2.24, 2.45) is 0 Å². The summed E-state index contributed by atoms with van der Waals surface area (Å²) in [4.78, 5) is 4.74. The average Bonchev–Trinajstić information content (AvgIpc) is 2.98. The molecular weight excluding hydrogens is 312 g/mol. The molecule has 1 N–H and O–H groups in total. The molecular formula is C17H24N2OS2. The highest BCUT2D eigenvalue weighted by atomic mass is 32.2. The molecule has 1 aromatic heterocycles. The highest BCUT2D eigenvalue weighted by Gasteiger charge is 2.27. The average molecular weight is 337 g/mol. The van der Waals surface area contributed by atoms with Crippen LogP contribution in [0.4, 0.5) is 0 Å². The molecule has 3 nitrogen and oxygen atoms in total. The van der Waals surface area contributed by atoms with E-state index in [-0.39, 0.29) is 6.04 Å². The van der Waals surface area contributed by atoms with Crippen LogP contribution in [0, 0.1) is 0 Å². The summed E-state index contributed by atoms with van der Waals surface area (Å²) in [5, 5.41) is 5.25. The fraction of sp³-hybridized carbons (Fsp3) is 0.588. The molecule has 0 bridgehead atoms. The summed E-state index contributed by atoms with van der Waals surface area (Å²) in [7, 11) is -0.659. The van der Waals surface area contributed by atoms with E-state index in [2.05, 4.69) is 30.4 Å². The first-order chi connectivity index (χ1) is 10.7. The number of fused-ring (bicyclic) bond motifs is 1. The Kier molecular flexibility index (Phi) is 5.26. The SMILES string of the molecule is CC[S@](=O)[C@@H]1CCC[C@@H](N[C@@H](C)c2nc3ccccc3s2)C1. The molecule has 0 radical (unpaired) electrons. The van der Waals surface area contributed by atoms with Gasteiger partial charge in [0, 0.05) is 27.8 Å². The van der Waals surface area contributed by atoms with Crippen LogP contribution in [0.15, 0.2) is 24.3 Å². The van der Waals surface area contributed by atoms with Crippen LogP contribution in [-0.2, 0) is 10.8 Å². The van der Waals surface area contributed by atoms with Gasteiger partial charge in [0.1, 0.15) is 5.01 Å². The van der Waals surface area contributed by atoms with Crippen LogP contribution in [0.2, 0.25) is 0 Å². The summed E-state index contributed by atoms with van der Waals surface area (Å²) in [6.45, 7) is 4.22. The first kappa shape index (κ1) is 16.1. The normalized spacial score (nSPS) is 25.2. The molecule has 1 heterocycles. The van der Waals surface area contributed by atoms with E-state index in [4.69, 9.17) is 4.98 Å². The van der Waals surface area contributed by atoms with Gasteiger partial charge in [0.15, 0.2) is 0 Å². The van der Waals surface area contributed by atoms with Crippen LogP contribution in [0.25, 0.3) is 10.2 Å². The maximum absolute atomic E-state index is 12.1. The monoisotopic (exact) mass is 336 g/mol. The first-order valence-electron chi connectivity index (χ1n) is 8.16. The molecule has 0 spiro atoms. The molecule has 1 aliphatic rings. The number of benzene rings is 1. The summed E-state index contributed by atoms with van der Waals surface area (Å²) in [5.41, 5.74) is 1.09. The van der Waals surface area contributed by atoms with E-state index in [0.717, 1.165) is 29.1 Å². The Morgan fingerprint density at radius 3 is 3.00 bits per heavy atom. The highest BCUT2D eigenvalue weighted by Crippen LogP contribution is 2.29. The van der Waals surface area contributed by atoms with Crippen molar-refractivity contribution >= 4 is 32.4 Å². The zero-order valence-electron chi connectivity index (χ0n) is 13.2. The van der Waals surface area contributed by atoms with Crippen molar-refractivity contribution in [1.29, 1.82) is 0 Å². The molecule has 0 amide bonds. The van der Waals surface area contributed by atoms with Gasteiger partial charge in [-0.1, -0.05) is 25.5 Å². The van der Waals surface area contributed by atoms with Gasteiger partial charge < -0.3 is 5.32 Å². The Morgan fingerprint density at radius 2 is 2.23 bits per heavy atom. The third-order valence-corrected chi connectivity index (χ3v) is 7.41. The number of hydrogen-bond acceptors (Lipinski definition) is 4. The molecule has 2 aromatic rings. The number of aromatic nitrogens is 1. The Hall–Kier alpha value is -0.780. The van der Waals surface area contributed by atoms with E-state index in [1.165, 1.54) is 17.5 Å². The molecule has 0 aliphatic heterocycles.